The van der Waals surface area contributed by atoms with E-state index < -0.39 is 29.5 Å². The number of aliphatic hydroxyl groups excluding tert-OH is 1. The Morgan fingerprint density at radius 1 is 0.921 bits per heavy atom. The van der Waals surface area contributed by atoms with Crippen LogP contribution in [0, 0.1) is 13.8 Å². The maximum Gasteiger partial charge on any atom is 0.416 e. The lowest BCUT2D eigenvalue weighted by molar-refractivity contribution is -0.143. The first-order chi connectivity index (χ1) is 17.8. The molecule has 13 heteroatoms. The second kappa shape index (κ2) is 10.0. The van der Waals surface area contributed by atoms with Gasteiger partial charge in [0.1, 0.15) is 5.69 Å². The van der Waals surface area contributed by atoms with Gasteiger partial charge in [-0.15, -0.1) is 10.2 Å². The smallest absolute Gasteiger partial charge is 0.390 e. The minimum atomic E-state index is -4.94. The van der Waals surface area contributed by atoms with Gasteiger partial charge in [-0.25, -0.2) is 9.97 Å². The fraction of sp³-hybridized carbons (Fsp3) is 0.280. The maximum absolute atomic E-state index is 13.2. The molecule has 7 nitrogen and oxygen atoms in total. The van der Waals surface area contributed by atoms with Gasteiger partial charge in [0.15, 0.2) is 5.82 Å². The molecule has 4 aromatic rings. The van der Waals surface area contributed by atoms with Gasteiger partial charge in [0.2, 0.25) is 0 Å². The van der Waals surface area contributed by atoms with Crippen LogP contribution >= 0.6 is 0 Å². The van der Waals surface area contributed by atoms with E-state index in [1.807, 2.05) is 6.92 Å². The average molecular weight is 536 g/mol. The monoisotopic (exact) mass is 536 g/mol. The number of imidazole rings is 1. The normalized spacial score (nSPS) is 13.0. The topological polar surface area (TPSA) is 88.8 Å². The minimum Gasteiger partial charge on any atom is -0.390 e. The van der Waals surface area contributed by atoms with Gasteiger partial charge in [-0.1, -0.05) is 0 Å². The highest BCUT2D eigenvalue weighted by Crippen LogP contribution is 2.38. The summed E-state index contributed by atoms with van der Waals surface area (Å²) in [6, 6.07) is 5.54. The Kier molecular flexibility index (Phi) is 7.15. The molecule has 0 saturated heterocycles. The van der Waals surface area contributed by atoms with Gasteiger partial charge in [0, 0.05) is 6.20 Å². The number of nitrogens with zero attached hydrogens (tertiary/aromatic N) is 5. The number of aliphatic hydroxyl groups is 1. The Morgan fingerprint density at radius 3 is 2.11 bits per heavy atom. The van der Waals surface area contributed by atoms with E-state index in [1.54, 1.807) is 42.2 Å². The molecule has 0 aliphatic heterocycles. The van der Waals surface area contributed by atoms with Crippen molar-refractivity contribution in [1.82, 2.24) is 24.7 Å². The third-order valence-electron chi connectivity index (χ3n) is 5.80. The summed E-state index contributed by atoms with van der Waals surface area (Å²) >= 11 is 0. The van der Waals surface area contributed by atoms with Crippen LogP contribution in [0.1, 0.15) is 46.6 Å². The molecule has 0 radical (unpaired) electrons. The summed E-state index contributed by atoms with van der Waals surface area (Å²) in [5, 5.41) is 20.9. The maximum atomic E-state index is 13.2. The van der Waals surface area contributed by atoms with E-state index in [0.29, 0.717) is 40.5 Å². The molecule has 200 valence electrons. The highest BCUT2D eigenvalue weighted by molar-refractivity contribution is 5.60. The third kappa shape index (κ3) is 5.77. The number of benzene rings is 1. The van der Waals surface area contributed by atoms with Gasteiger partial charge < -0.3 is 15.0 Å². The standard InChI is InChI=1S/C25H22F6N6O/c1-13-6-20(19-4-5-22(21(11-38)34-19)37-10-14(2)32-12-37)35-36-23(13)33-15(3)16-7-17(24(26,27)28)9-18(8-16)25(29,30)31/h4-10,12,15,38H,11H2,1-3H3,(H,33,36)/t15-/m0/s1. The quantitative estimate of drug-likeness (QED) is 0.292. The van der Waals surface area contributed by atoms with Gasteiger partial charge in [0.25, 0.3) is 0 Å². The highest BCUT2D eigenvalue weighted by atomic mass is 19.4. The Balaban J connectivity index is 1.61. The predicted molar refractivity (Wildman–Crippen MR) is 126 cm³/mol. The number of halogens is 6. The fourth-order valence-corrected chi connectivity index (χ4v) is 3.81. The summed E-state index contributed by atoms with van der Waals surface area (Å²) in [6.07, 6.45) is -6.51. The largest absolute Gasteiger partial charge is 0.416 e. The Labute approximate surface area is 213 Å². The Hall–Kier alpha value is -4.00. The first kappa shape index (κ1) is 27.0. The Morgan fingerprint density at radius 2 is 1.58 bits per heavy atom. The van der Waals surface area contributed by atoms with E-state index in [4.69, 9.17) is 0 Å². The second-order valence-electron chi connectivity index (χ2n) is 8.71. The average Bonchev–Trinajstić information content (AvgIpc) is 3.29. The molecule has 0 bridgehead atoms. The molecule has 0 fully saturated rings. The molecule has 0 saturated carbocycles. The summed E-state index contributed by atoms with van der Waals surface area (Å²) in [5.74, 6) is 0.181. The number of rotatable bonds is 6. The van der Waals surface area contributed by atoms with Gasteiger partial charge in [-0.2, -0.15) is 26.3 Å². The first-order valence-corrected chi connectivity index (χ1v) is 11.3. The van der Waals surface area contributed by atoms with Crippen molar-refractivity contribution in [3.63, 3.8) is 0 Å². The van der Waals surface area contributed by atoms with E-state index >= 15 is 0 Å². The van der Waals surface area contributed by atoms with Crippen molar-refractivity contribution >= 4 is 5.82 Å². The van der Waals surface area contributed by atoms with Crippen LogP contribution in [0.2, 0.25) is 0 Å². The number of nitrogens with one attached hydrogen (secondary N) is 1. The summed E-state index contributed by atoms with van der Waals surface area (Å²) < 4.78 is 81.1. The molecule has 4 rings (SSSR count). The van der Waals surface area contributed by atoms with Crippen LogP contribution in [0.25, 0.3) is 17.1 Å². The molecule has 3 aromatic heterocycles. The number of hydrogen-bond donors (Lipinski definition) is 2. The van der Waals surface area contributed by atoms with Gasteiger partial charge in [-0.05, 0) is 68.3 Å². The van der Waals surface area contributed by atoms with E-state index in [-0.39, 0.29) is 24.1 Å². The molecule has 0 spiro atoms. The number of anilines is 1. The number of alkyl halides is 6. The van der Waals surface area contributed by atoms with Crippen LogP contribution in [0.5, 0.6) is 0 Å². The van der Waals surface area contributed by atoms with Crippen molar-refractivity contribution in [1.29, 1.82) is 0 Å². The molecular weight excluding hydrogens is 514 g/mol. The zero-order valence-electron chi connectivity index (χ0n) is 20.4. The molecule has 0 aliphatic carbocycles. The van der Waals surface area contributed by atoms with Crippen molar-refractivity contribution in [2.75, 3.05) is 5.32 Å². The number of hydrogen-bond acceptors (Lipinski definition) is 6. The number of aryl methyl sites for hydroxylation is 2. The zero-order valence-corrected chi connectivity index (χ0v) is 20.4. The highest BCUT2D eigenvalue weighted by Gasteiger charge is 2.37. The molecule has 0 amide bonds. The fourth-order valence-electron chi connectivity index (χ4n) is 3.81. The lowest BCUT2D eigenvalue weighted by Crippen LogP contribution is -2.15. The second-order valence-corrected chi connectivity index (χ2v) is 8.71. The van der Waals surface area contributed by atoms with E-state index in [1.165, 1.54) is 6.92 Å². The van der Waals surface area contributed by atoms with Crippen molar-refractivity contribution in [3.05, 3.63) is 82.6 Å². The van der Waals surface area contributed by atoms with Crippen LogP contribution in [-0.4, -0.2) is 29.8 Å². The first-order valence-electron chi connectivity index (χ1n) is 11.3. The van der Waals surface area contributed by atoms with Crippen molar-refractivity contribution in [2.45, 2.75) is 45.8 Å². The van der Waals surface area contributed by atoms with E-state index in [0.717, 1.165) is 5.69 Å². The van der Waals surface area contributed by atoms with Crippen molar-refractivity contribution in [3.8, 4) is 17.1 Å². The molecule has 1 atom stereocenters. The van der Waals surface area contributed by atoms with Crippen LogP contribution in [-0.2, 0) is 19.0 Å². The summed E-state index contributed by atoms with van der Waals surface area (Å²) in [4.78, 5) is 8.62. The van der Waals surface area contributed by atoms with Crippen LogP contribution in [0.3, 0.4) is 0 Å². The lowest BCUT2D eigenvalue weighted by Gasteiger charge is -2.20. The van der Waals surface area contributed by atoms with Crippen LogP contribution in [0.4, 0.5) is 32.2 Å². The SMILES string of the molecule is Cc1cn(-c2ccc(-c3cc(C)c(N[C@@H](C)c4cc(C(F)(F)F)cc(C(F)(F)F)c4)nn3)nc2CO)cn1. The minimum absolute atomic E-state index is 0.0863. The number of pyridine rings is 1. The molecule has 0 aliphatic rings. The van der Waals surface area contributed by atoms with E-state index in [9.17, 15) is 31.4 Å². The van der Waals surface area contributed by atoms with Crippen LogP contribution < -0.4 is 5.32 Å². The van der Waals surface area contributed by atoms with Gasteiger partial charge in [0.05, 0.1) is 52.9 Å². The molecule has 2 N–H and O–H groups in total. The summed E-state index contributed by atoms with van der Waals surface area (Å²) in [6.45, 7) is 4.57. The molecule has 1 aromatic carbocycles. The third-order valence-corrected chi connectivity index (χ3v) is 5.80. The van der Waals surface area contributed by atoms with Crippen LogP contribution in [0.15, 0.2) is 48.9 Å². The molecule has 38 heavy (non-hydrogen) atoms. The molecule has 0 unspecified atom stereocenters. The summed E-state index contributed by atoms with van der Waals surface area (Å²) in [5.41, 5.74) is 0.108. The molecular formula is C25H22F6N6O. The van der Waals surface area contributed by atoms with Crippen molar-refractivity contribution < 1.29 is 31.4 Å². The van der Waals surface area contributed by atoms with Gasteiger partial charge >= 0.3 is 12.4 Å². The lowest BCUT2D eigenvalue weighted by atomic mass is 10.00. The Bertz CT molecular complexity index is 1430. The zero-order chi connectivity index (χ0) is 27.8. The number of aromatic nitrogens is 5. The predicted octanol–water partition coefficient (Wildman–Crippen LogP) is 6.04. The van der Waals surface area contributed by atoms with E-state index in [2.05, 4.69) is 25.5 Å². The summed E-state index contributed by atoms with van der Waals surface area (Å²) in [7, 11) is 0. The molecule has 3 heterocycles. The van der Waals surface area contributed by atoms with Gasteiger partial charge in [-0.3, -0.25) is 0 Å². The van der Waals surface area contributed by atoms with Crippen molar-refractivity contribution in [2.24, 2.45) is 0 Å².